The molecular formula is C23H23NO4S. The first-order valence-corrected chi connectivity index (χ1v) is 10.4. The fraction of sp³-hybridized carbons (Fsp3) is 0.261. The van der Waals surface area contributed by atoms with Crippen LogP contribution in [0.3, 0.4) is 0 Å². The summed E-state index contributed by atoms with van der Waals surface area (Å²) in [6, 6.07) is 19.6. The van der Waals surface area contributed by atoms with Gasteiger partial charge in [-0.1, -0.05) is 60.7 Å². The molecule has 0 bridgehead atoms. The molecule has 1 atom stereocenters. The summed E-state index contributed by atoms with van der Waals surface area (Å²) in [5.74, 6) is -2.30. The van der Waals surface area contributed by atoms with E-state index in [4.69, 9.17) is 9.47 Å². The van der Waals surface area contributed by atoms with Gasteiger partial charge in [0.2, 0.25) is 0 Å². The highest BCUT2D eigenvalue weighted by Crippen LogP contribution is 2.42. The fourth-order valence-electron chi connectivity index (χ4n) is 3.24. The van der Waals surface area contributed by atoms with Crippen molar-refractivity contribution in [2.45, 2.75) is 19.1 Å². The number of rotatable bonds is 7. The van der Waals surface area contributed by atoms with Gasteiger partial charge in [-0.2, -0.15) is 0 Å². The van der Waals surface area contributed by atoms with Crippen LogP contribution in [-0.2, 0) is 19.1 Å². The number of esters is 2. The van der Waals surface area contributed by atoms with Crippen molar-refractivity contribution < 1.29 is 19.1 Å². The number of nitrogens with zero attached hydrogens (tertiary/aromatic N) is 1. The zero-order valence-electron chi connectivity index (χ0n) is 16.4. The molecule has 0 aromatic heterocycles. The van der Waals surface area contributed by atoms with Gasteiger partial charge in [0.15, 0.2) is 5.92 Å². The zero-order chi connectivity index (χ0) is 20.6. The smallest absolute Gasteiger partial charge is 0.321 e. The molecule has 0 N–H and O–H groups in total. The molecule has 0 spiro atoms. The second-order valence-electron chi connectivity index (χ2n) is 6.30. The predicted molar refractivity (Wildman–Crippen MR) is 116 cm³/mol. The van der Waals surface area contributed by atoms with E-state index in [-0.39, 0.29) is 13.2 Å². The molecule has 29 heavy (non-hydrogen) atoms. The Morgan fingerprint density at radius 1 is 0.897 bits per heavy atom. The van der Waals surface area contributed by atoms with E-state index in [9.17, 15) is 9.59 Å². The summed E-state index contributed by atoms with van der Waals surface area (Å²) in [6.45, 7) is 3.81. The van der Waals surface area contributed by atoms with Crippen molar-refractivity contribution in [1.29, 1.82) is 0 Å². The lowest BCUT2D eigenvalue weighted by atomic mass is 9.87. The Morgan fingerprint density at radius 3 is 1.93 bits per heavy atom. The van der Waals surface area contributed by atoms with Crippen molar-refractivity contribution in [2.75, 3.05) is 13.2 Å². The van der Waals surface area contributed by atoms with E-state index in [1.807, 2.05) is 60.7 Å². The third-order valence-corrected chi connectivity index (χ3v) is 5.45. The van der Waals surface area contributed by atoms with Gasteiger partial charge in [0.05, 0.1) is 18.5 Å². The van der Waals surface area contributed by atoms with Crippen molar-refractivity contribution >= 4 is 41.2 Å². The molecule has 6 heteroatoms. The largest absolute Gasteiger partial charge is 0.465 e. The van der Waals surface area contributed by atoms with Crippen LogP contribution in [0.5, 0.6) is 0 Å². The molecule has 0 aliphatic carbocycles. The van der Waals surface area contributed by atoms with Crippen LogP contribution in [0, 0.1) is 5.92 Å². The average Bonchev–Trinajstić information content (AvgIpc) is 2.75. The second kappa shape index (κ2) is 10.1. The molecule has 1 aliphatic heterocycles. The molecule has 2 aromatic carbocycles. The van der Waals surface area contributed by atoms with Gasteiger partial charge in [-0.25, -0.2) is 4.40 Å². The number of ether oxygens (including phenoxy) is 2. The highest BCUT2D eigenvalue weighted by Gasteiger charge is 2.42. The zero-order valence-corrected chi connectivity index (χ0v) is 17.2. The maximum absolute atomic E-state index is 12.8. The molecule has 0 amide bonds. The molecule has 0 saturated carbocycles. The van der Waals surface area contributed by atoms with E-state index in [0.29, 0.717) is 0 Å². The first-order chi connectivity index (χ1) is 14.2. The number of hydrogen-bond donors (Lipinski definition) is 0. The summed E-state index contributed by atoms with van der Waals surface area (Å²) in [5, 5.41) is -0.560. The lowest BCUT2D eigenvalue weighted by molar-refractivity contribution is -0.160. The monoisotopic (exact) mass is 409 g/mol. The third-order valence-electron chi connectivity index (χ3n) is 4.48. The SMILES string of the molecule is CCOC(=O)C(C(=O)OCC)C1SN=CC(c2ccccc2)=C1c1ccccc1. The van der Waals surface area contributed by atoms with Crippen LogP contribution in [0.4, 0.5) is 0 Å². The quantitative estimate of drug-likeness (QED) is 0.384. The Morgan fingerprint density at radius 2 is 1.41 bits per heavy atom. The minimum atomic E-state index is -1.11. The summed E-state index contributed by atoms with van der Waals surface area (Å²) in [4.78, 5) is 25.5. The van der Waals surface area contributed by atoms with E-state index >= 15 is 0 Å². The summed E-state index contributed by atoms with van der Waals surface area (Å²) in [6.07, 6.45) is 1.78. The van der Waals surface area contributed by atoms with Crippen LogP contribution in [0.15, 0.2) is 65.1 Å². The number of carbonyl (C=O) groups is 2. The van der Waals surface area contributed by atoms with Crippen LogP contribution in [0.1, 0.15) is 25.0 Å². The number of hydrogen-bond acceptors (Lipinski definition) is 6. The highest BCUT2D eigenvalue weighted by molar-refractivity contribution is 7.99. The fourth-order valence-corrected chi connectivity index (χ4v) is 4.25. The Labute approximate surface area is 175 Å². The topological polar surface area (TPSA) is 65.0 Å². The Hall–Kier alpha value is -2.86. The molecule has 3 rings (SSSR count). The van der Waals surface area contributed by atoms with Crippen LogP contribution in [-0.4, -0.2) is 36.6 Å². The second-order valence-corrected chi connectivity index (χ2v) is 7.23. The van der Waals surface area contributed by atoms with E-state index in [2.05, 4.69) is 4.40 Å². The van der Waals surface area contributed by atoms with Gasteiger partial charge < -0.3 is 9.47 Å². The van der Waals surface area contributed by atoms with Gasteiger partial charge >= 0.3 is 11.9 Å². The molecule has 1 heterocycles. The van der Waals surface area contributed by atoms with Crippen molar-refractivity contribution in [3.63, 3.8) is 0 Å². The normalized spacial score (nSPS) is 16.0. The van der Waals surface area contributed by atoms with Gasteiger partial charge in [-0.05, 0) is 42.5 Å². The van der Waals surface area contributed by atoms with E-state index in [1.165, 1.54) is 11.9 Å². The van der Waals surface area contributed by atoms with Crippen LogP contribution < -0.4 is 0 Å². The average molecular weight is 410 g/mol. The van der Waals surface area contributed by atoms with Crippen LogP contribution >= 0.6 is 11.9 Å². The van der Waals surface area contributed by atoms with E-state index < -0.39 is 23.1 Å². The minimum Gasteiger partial charge on any atom is -0.465 e. The lowest BCUT2D eigenvalue weighted by Gasteiger charge is -2.28. The summed E-state index contributed by atoms with van der Waals surface area (Å²) in [5.41, 5.74) is 3.63. The van der Waals surface area contributed by atoms with Gasteiger partial charge in [-0.15, -0.1) is 0 Å². The first kappa shape index (κ1) is 20.9. The van der Waals surface area contributed by atoms with Gasteiger partial charge in [0.1, 0.15) is 0 Å². The number of carbonyl (C=O) groups excluding carboxylic acids is 2. The molecule has 2 aromatic rings. The van der Waals surface area contributed by atoms with Crippen molar-refractivity contribution in [3.05, 3.63) is 71.8 Å². The standard InChI is InChI=1S/C23H23NO4S/c1-3-27-22(25)20(23(26)28-4-2)21-19(17-13-9-6-10-14-17)18(15-24-29-21)16-11-7-5-8-12-16/h5-15,20-21H,3-4H2,1-2H3. The molecule has 0 fully saturated rings. The third kappa shape index (κ3) is 4.77. The summed E-state index contributed by atoms with van der Waals surface area (Å²) in [7, 11) is 0. The van der Waals surface area contributed by atoms with E-state index in [1.54, 1.807) is 20.1 Å². The Kier molecular flexibility index (Phi) is 7.25. The van der Waals surface area contributed by atoms with Gasteiger partial charge in [-0.3, -0.25) is 9.59 Å². The van der Waals surface area contributed by atoms with Crippen molar-refractivity contribution in [2.24, 2.45) is 10.3 Å². The maximum Gasteiger partial charge on any atom is 0.321 e. The molecule has 5 nitrogen and oxygen atoms in total. The van der Waals surface area contributed by atoms with Gasteiger partial charge in [0, 0.05) is 11.8 Å². The highest BCUT2D eigenvalue weighted by atomic mass is 32.2. The summed E-state index contributed by atoms with van der Waals surface area (Å²) < 4.78 is 14.9. The van der Waals surface area contributed by atoms with Crippen LogP contribution in [0.25, 0.3) is 11.1 Å². The molecule has 1 unspecified atom stereocenters. The number of allylic oxidation sites excluding steroid dienone is 1. The minimum absolute atomic E-state index is 0.186. The molecule has 150 valence electrons. The van der Waals surface area contributed by atoms with E-state index in [0.717, 1.165) is 22.3 Å². The van der Waals surface area contributed by atoms with Crippen molar-refractivity contribution in [1.82, 2.24) is 0 Å². The van der Waals surface area contributed by atoms with Crippen LogP contribution in [0.2, 0.25) is 0 Å². The molecule has 0 saturated heterocycles. The Balaban J connectivity index is 2.17. The number of benzene rings is 2. The maximum atomic E-state index is 12.8. The molecule has 1 aliphatic rings. The van der Waals surface area contributed by atoms with Crippen molar-refractivity contribution in [3.8, 4) is 0 Å². The first-order valence-electron chi connectivity index (χ1n) is 9.54. The predicted octanol–water partition coefficient (Wildman–Crippen LogP) is 4.44. The lowest BCUT2D eigenvalue weighted by Crippen LogP contribution is -2.37. The molecule has 0 radical (unpaired) electrons. The molecular weight excluding hydrogens is 386 g/mol. The van der Waals surface area contributed by atoms with Gasteiger partial charge in [0.25, 0.3) is 0 Å². The summed E-state index contributed by atoms with van der Waals surface area (Å²) >= 11 is 1.19. The Bertz CT molecular complexity index is 891.